The fourth-order valence-corrected chi connectivity index (χ4v) is 4.93. The van der Waals surface area contributed by atoms with Crippen LogP contribution < -0.4 is 10.2 Å². The Kier molecular flexibility index (Phi) is 5.15. The lowest BCUT2D eigenvalue weighted by Gasteiger charge is -2.36. The maximum absolute atomic E-state index is 13.2. The van der Waals surface area contributed by atoms with E-state index >= 15 is 0 Å². The van der Waals surface area contributed by atoms with E-state index in [4.69, 9.17) is 0 Å². The minimum Gasteiger partial charge on any atom is -0.324 e. The summed E-state index contributed by atoms with van der Waals surface area (Å²) in [6.45, 7) is 6.29. The first-order chi connectivity index (χ1) is 14.3. The minimum atomic E-state index is -1.24. The highest BCUT2D eigenvalue weighted by Crippen LogP contribution is 2.45. The van der Waals surface area contributed by atoms with Crippen molar-refractivity contribution in [3.05, 3.63) is 71.5 Å². The molecule has 1 atom stereocenters. The smallest absolute Gasteiger partial charge is 0.252 e. The minimum absolute atomic E-state index is 0.234. The van der Waals surface area contributed by atoms with Gasteiger partial charge < -0.3 is 10.2 Å². The van der Waals surface area contributed by atoms with E-state index in [-0.39, 0.29) is 11.8 Å². The molecule has 1 aliphatic rings. The molecule has 0 aliphatic carbocycles. The van der Waals surface area contributed by atoms with Crippen molar-refractivity contribution in [3.8, 4) is 0 Å². The number of thioether (sulfide) groups is 1. The van der Waals surface area contributed by atoms with E-state index in [2.05, 4.69) is 10.4 Å². The molecule has 0 fully saturated rings. The zero-order valence-electron chi connectivity index (χ0n) is 17.5. The zero-order chi connectivity index (χ0) is 21.5. The van der Waals surface area contributed by atoms with Crippen molar-refractivity contribution in [2.45, 2.75) is 37.0 Å². The molecule has 1 aliphatic heterocycles. The van der Waals surface area contributed by atoms with E-state index < -0.39 is 4.75 Å². The van der Waals surface area contributed by atoms with E-state index in [1.165, 1.54) is 11.8 Å². The first kappa shape index (κ1) is 20.2. The molecule has 7 heteroatoms. The van der Waals surface area contributed by atoms with Gasteiger partial charge in [0.1, 0.15) is 0 Å². The number of aryl methyl sites for hydroxylation is 2. The van der Waals surface area contributed by atoms with Gasteiger partial charge in [0.25, 0.3) is 5.91 Å². The van der Waals surface area contributed by atoms with Crippen LogP contribution in [0.1, 0.15) is 23.9 Å². The lowest BCUT2D eigenvalue weighted by atomic mass is 10.1. The molecule has 0 radical (unpaired) electrons. The predicted molar refractivity (Wildman–Crippen MR) is 120 cm³/mol. The molecule has 30 heavy (non-hydrogen) atoms. The van der Waals surface area contributed by atoms with Crippen molar-refractivity contribution < 1.29 is 9.59 Å². The van der Waals surface area contributed by atoms with Crippen LogP contribution in [0.25, 0.3) is 0 Å². The van der Waals surface area contributed by atoms with Gasteiger partial charge in [-0.1, -0.05) is 36.0 Å². The first-order valence-electron chi connectivity index (χ1n) is 9.75. The Bertz CT molecular complexity index is 1140. The van der Waals surface area contributed by atoms with Crippen molar-refractivity contribution in [2.24, 2.45) is 0 Å². The normalized spacial score (nSPS) is 18.3. The topological polar surface area (TPSA) is 67.2 Å². The van der Waals surface area contributed by atoms with Crippen molar-refractivity contribution in [1.29, 1.82) is 0 Å². The summed E-state index contributed by atoms with van der Waals surface area (Å²) in [4.78, 5) is 28.7. The Morgan fingerprint density at radius 1 is 1.13 bits per heavy atom. The van der Waals surface area contributed by atoms with Crippen molar-refractivity contribution >= 4 is 35.0 Å². The number of carbonyl (C=O) groups is 2. The van der Waals surface area contributed by atoms with Gasteiger partial charge in [-0.05, 0) is 56.7 Å². The van der Waals surface area contributed by atoms with Crippen LogP contribution in [0.2, 0.25) is 0 Å². The van der Waals surface area contributed by atoms with Gasteiger partial charge in [0, 0.05) is 23.3 Å². The number of hydrogen-bond acceptors (Lipinski definition) is 4. The second-order valence-corrected chi connectivity index (χ2v) is 9.17. The van der Waals surface area contributed by atoms with Gasteiger partial charge in [0.05, 0.1) is 17.9 Å². The molecule has 2 amide bonds. The van der Waals surface area contributed by atoms with Gasteiger partial charge >= 0.3 is 0 Å². The summed E-state index contributed by atoms with van der Waals surface area (Å²) >= 11 is 1.29. The molecule has 0 bridgehead atoms. The highest BCUT2D eigenvalue weighted by atomic mass is 32.2. The Morgan fingerprint density at radius 2 is 1.90 bits per heavy atom. The van der Waals surface area contributed by atoms with Crippen molar-refractivity contribution in [1.82, 2.24) is 9.78 Å². The zero-order valence-corrected chi connectivity index (χ0v) is 18.3. The molecule has 1 N–H and O–H groups in total. The van der Waals surface area contributed by atoms with Gasteiger partial charge in [0.2, 0.25) is 5.91 Å². The molecule has 1 aromatic heterocycles. The highest BCUT2D eigenvalue weighted by molar-refractivity contribution is 8.02. The van der Waals surface area contributed by atoms with Crippen LogP contribution in [0.4, 0.5) is 11.4 Å². The van der Waals surface area contributed by atoms with Crippen LogP contribution in [-0.4, -0.2) is 33.4 Å². The monoisotopic (exact) mass is 420 g/mol. The summed E-state index contributed by atoms with van der Waals surface area (Å²) in [6, 6.07) is 17.3. The van der Waals surface area contributed by atoms with Crippen LogP contribution >= 0.6 is 11.8 Å². The number of aromatic nitrogens is 2. The number of anilines is 2. The molecule has 2 aromatic carbocycles. The van der Waals surface area contributed by atoms with E-state index in [9.17, 15) is 9.59 Å². The standard InChI is InChI=1S/C23H24N4O2S/c1-15-12-16(2)27(25-15)14-17-8-7-9-18(13-17)24-21(28)23(3)22(29)26(4)19-10-5-6-11-20(19)30-23/h5-13H,14H2,1-4H3,(H,24,28). The molecule has 154 valence electrons. The van der Waals surface area contributed by atoms with E-state index in [0.29, 0.717) is 12.2 Å². The van der Waals surface area contributed by atoms with E-state index in [1.54, 1.807) is 18.9 Å². The Hall–Kier alpha value is -3.06. The van der Waals surface area contributed by atoms with E-state index in [0.717, 1.165) is 27.5 Å². The molecule has 6 nitrogen and oxygen atoms in total. The lowest BCUT2D eigenvalue weighted by Crippen LogP contribution is -2.53. The van der Waals surface area contributed by atoms with Crippen LogP contribution in [0.3, 0.4) is 0 Å². The Labute approximate surface area is 180 Å². The Balaban J connectivity index is 1.55. The summed E-state index contributed by atoms with van der Waals surface area (Å²) in [5, 5.41) is 7.44. The number of nitrogens with zero attached hydrogens (tertiary/aromatic N) is 3. The molecule has 3 aromatic rings. The first-order valence-corrected chi connectivity index (χ1v) is 10.6. The summed E-state index contributed by atoms with van der Waals surface area (Å²) in [5.41, 5.74) is 4.57. The lowest BCUT2D eigenvalue weighted by molar-refractivity contribution is -0.128. The van der Waals surface area contributed by atoms with Crippen LogP contribution in [0.15, 0.2) is 59.5 Å². The molecule has 0 saturated carbocycles. The third kappa shape index (κ3) is 3.61. The van der Waals surface area contributed by atoms with Crippen LogP contribution in [0.5, 0.6) is 0 Å². The van der Waals surface area contributed by atoms with Crippen LogP contribution in [-0.2, 0) is 16.1 Å². The number of carbonyl (C=O) groups excluding carboxylic acids is 2. The number of fused-ring (bicyclic) bond motifs is 1. The summed E-state index contributed by atoms with van der Waals surface area (Å²) < 4.78 is 0.693. The highest BCUT2D eigenvalue weighted by Gasteiger charge is 2.48. The molecule has 4 rings (SSSR count). The third-order valence-electron chi connectivity index (χ3n) is 5.31. The second kappa shape index (κ2) is 7.65. The number of rotatable bonds is 4. The number of nitrogens with one attached hydrogen (secondary N) is 1. The number of hydrogen-bond donors (Lipinski definition) is 1. The summed E-state index contributed by atoms with van der Waals surface area (Å²) in [6.07, 6.45) is 0. The summed E-state index contributed by atoms with van der Waals surface area (Å²) in [5.74, 6) is -0.565. The Morgan fingerprint density at radius 3 is 2.63 bits per heavy atom. The molecule has 0 saturated heterocycles. The van der Waals surface area contributed by atoms with E-state index in [1.807, 2.05) is 73.1 Å². The molecular weight excluding hydrogens is 396 g/mol. The second-order valence-electron chi connectivity index (χ2n) is 7.71. The average molecular weight is 421 g/mol. The predicted octanol–water partition coefficient (Wildman–Crippen LogP) is 4.01. The van der Waals surface area contributed by atoms with Gasteiger partial charge in [-0.15, -0.1) is 0 Å². The largest absolute Gasteiger partial charge is 0.324 e. The third-order valence-corrected chi connectivity index (χ3v) is 6.64. The van der Waals surface area contributed by atoms with Crippen LogP contribution in [0, 0.1) is 13.8 Å². The quantitative estimate of drug-likeness (QED) is 0.648. The summed E-state index contributed by atoms with van der Waals surface area (Å²) in [7, 11) is 1.71. The number of benzene rings is 2. The number of amides is 2. The molecule has 2 heterocycles. The molecule has 1 unspecified atom stereocenters. The molecule has 0 spiro atoms. The fraction of sp³-hybridized carbons (Fsp3) is 0.261. The van der Waals surface area contributed by atoms with Gasteiger partial charge in [-0.3, -0.25) is 14.3 Å². The number of para-hydroxylation sites is 1. The fourth-order valence-electron chi connectivity index (χ4n) is 3.66. The maximum Gasteiger partial charge on any atom is 0.252 e. The average Bonchev–Trinajstić information content (AvgIpc) is 3.03. The van der Waals surface area contributed by atoms with Gasteiger partial charge in [-0.2, -0.15) is 5.10 Å². The van der Waals surface area contributed by atoms with Crippen molar-refractivity contribution in [2.75, 3.05) is 17.3 Å². The molecular formula is C23H24N4O2S. The van der Waals surface area contributed by atoms with Crippen molar-refractivity contribution in [3.63, 3.8) is 0 Å². The SMILES string of the molecule is Cc1cc(C)n(Cc2cccc(NC(=O)C3(C)Sc4ccccc4N(C)C3=O)c2)n1. The van der Waals surface area contributed by atoms with Gasteiger partial charge in [-0.25, -0.2) is 0 Å². The van der Waals surface area contributed by atoms with Gasteiger partial charge in [0.15, 0.2) is 4.75 Å². The maximum atomic E-state index is 13.2.